The molecule has 0 aromatic carbocycles. The number of hydrogen-bond acceptors (Lipinski definition) is 7. The Morgan fingerprint density at radius 3 is 2.70 bits per heavy atom. The molecule has 1 amide bonds. The normalized spacial score (nSPS) is 16.8. The zero-order valence-corrected chi connectivity index (χ0v) is 16.7. The third-order valence-electron chi connectivity index (χ3n) is 5.05. The van der Waals surface area contributed by atoms with Crippen molar-refractivity contribution in [2.45, 2.75) is 39.8 Å². The molecule has 1 fully saturated rings. The van der Waals surface area contributed by atoms with Crippen LogP contribution >= 0.6 is 0 Å². The zero-order chi connectivity index (χ0) is 19.6. The van der Waals surface area contributed by atoms with E-state index in [0.717, 1.165) is 48.0 Å². The third kappa shape index (κ3) is 4.39. The Hall–Kier alpha value is -2.61. The van der Waals surface area contributed by atoms with E-state index in [4.69, 9.17) is 0 Å². The summed E-state index contributed by atoms with van der Waals surface area (Å²) in [6.07, 6.45) is 2.58. The van der Waals surface area contributed by atoms with E-state index in [9.17, 15) is 4.79 Å². The Labute approximate surface area is 160 Å². The summed E-state index contributed by atoms with van der Waals surface area (Å²) in [5.74, 6) is 0.765. The van der Waals surface area contributed by atoms with Crippen LogP contribution in [0.15, 0.2) is 12.4 Å². The predicted molar refractivity (Wildman–Crippen MR) is 104 cm³/mol. The average Bonchev–Trinajstić information content (AvgIpc) is 3.12. The Bertz CT molecular complexity index is 837. The van der Waals surface area contributed by atoms with E-state index in [1.54, 1.807) is 0 Å². The number of aryl methyl sites for hydroxylation is 2. The Kier molecular flexibility index (Phi) is 5.65. The fourth-order valence-corrected chi connectivity index (χ4v) is 3.24. The summed E-state index contributed by atoms with van der Waals surface area (Å²) in [5.41, 5.74) is 3.48. The first-order valence-corrected chi connectivity index (χ1v) is 9.17. The van der Waals surface area contributed by atoms with E-state index in [1.807, 2.05) is 26.8 Å². The molecule has 0 unspecified atom stereocenters. The number of nitrogens with one attached hydrogen (secondary N) is 1. The topological polar surface area (TPSA) is 87.1 Å². The molecule has 0 spiro atoms. The van der Waals surface area contributed by atoms with E-state index >= 15 is 0 Å². The van der Waals surface area contributed by atoms with Crippen molar-refractivity contribution in [3.8, 4) is 0 Å². The summed E-state index contributed by atoms with van der Waals surface area (Å²) in [4.78, 5) is 34.3. The molecule has 0 saturated carbocycles. The minimum Gasteiger partial charge on any atom is -0.355 e. The van der Waals surface area contributed by atoms with E-state index in [2.05, 4.69) is 49.1 Å². The fraction of sp³-hybridized carbons (Fsp3) is 0.526. The van der Waals surface area contributed by atoms with Gasteiger partial charge in [0.2, 0.25) is 5.82 Å². The Morgan fingerprint density at radius 2 is 2.04 bits per heavy atom. The van der Waals surface area contributed by atoms with Crippen LogP contribution < -0.4 is 10.2 Å². The number of hydrogen-bond donors (Lipinski definition) is 1. The summed E-state index contributed by atoms with van der Waals surface area (Å²) in [6, 6.07) is 2.34. The fourth-order valence-electron chi connectivity index (χ4n) is 3.24. The SMILES string of the molecule is Cc1cc(CNC(=O)c2nc(C)c(C)c(N3CC[C@@H](N(C)C)C3)n2)ncn1. The van der Waals surface area contributed by atoms with E-state index in [-0.39, 0.29) is 11.7 Å². The van der Waals surface area contributed by atoms with Gasteiger partial charge in [0, 0.05) is 36.1 Å². The molecule has 0 aliphatic carbocycles. The molecule has 1 saturated heterocycles. The third-order valence-corrected chi connectivity index (χ3v) is 5.05. The minimum atomic E-state index is -0.293. The van der Waals surface area contributed by atoms with Crippen molar-refractivity contribution < 1.29 is 4.79 Å². The second-order valence-corrected chi connectivity index (χ2v) is 7.27. The van der Waals surface area contributed by atoms with Gasteiger partial charge in [-0.1, -0.05) is 0 Å². The molecule has 1 aliphatic heterocycles. The lowest BCUT2D eigenvalue weighted by atomic mass is 10.2. The molecule has 2 aromatic rings. The quantitative estimate of drug-likeness (QED) is 0.849. The summed E-state index contributed by atoms with van der Waals surface area (Å²) >= 11 is 0. The highest BCUT2D eigenvalue weighted by Gasteiger charge is 2.27. The monoisotopic (exact) mass is 369 g/mol. The lowest BCUT2D eigenvalue weighted by Gasteiger charge is -2.23. The minimum absolute atomic E-state index is 0.201. The van der Waals surface area contributed by atoms with Gasteiger partial charge in [-0.15, -0.1) is 0 Å². The first-order valence-electron chi connectivity index (χ1n) is 9.17. The maximum atomic E-state index is 12.6. The van der Waals surface area contributed by atoms with Crippen LogP contribution in [0.3, 0.4) is 0 Å². The highest BCUT2D eigenvalue weighted by atomic mass is 16.2. The number of anilines is 1. The van der Waals surface area contributed by atoms with Crippen molar-refractivity contribution in [3.05, 3.63) is 40.9 Å². The maximum Gasteiger partial charge on any atom is 0.289 e. The Balaban J connectivity index is 1.76. The van der Waals surface area contributed by atoms with Crippen LogP contribution in [0.4, 0.5) is 5.82 Å². The molecule has 0 bridgehead atoms. The molecule has 2 aromatic heterocycles. The average molecular weight is 369 g/mol. The molecule has 8 heteroatoms. The van der Waals surface area contributed by atoms with Gasteiger partial charge in [-0.25, -0.2) is 19.9 Å². The number of likely N-dealkylation sites (N-methyl/N-ethyl adjacent to an activating group) is 1. The molecule has 0 radical (unpaired) electrons. The van der Waals surface area contributed by atoms with Crippen LogP contribution in [0.1, 0.15) is 39.7 Å². The second-order valence-electron chi connectivity index (χ2n) is 7.27. The van der Waals surface area contributed by atoms with Crippen molar-refractivity contribution in [1.82, 2.24) is 30.2 Å². The van der Waals surface area contributed by atoms with Crippen LogP contribution in [-0.4, -0.2) is 64.0 Å². The van der Waals surface area contributed by atoms with Gasteiger partial charge in [0.1, 0.15) is 12.1 Å². The van der Waals surface area contributed by atoms with Gasteiger partial charge >= 0.3 is 0 Å². The molecule has 8 nitrogen and oxygen atoms in total. The van der Waals surface area contributed by atoms with Gasteiger partial charge in [-0.3, -0.25) is 4.79 Å². The smallest absolute Gasteiger partial charge is 0.289 e. The highest BCUT2D eigenvalue weighted by Crippen LogP contribution is 2.25. The van der Waals surface area contributed by atoms with Crippen molar-refractivity contribution in [3.63, 3.8) is 0 Å². The highest BCUT2D eigenvalue weighted by molar-refractivity contribution is 5.90. The lowest BCUT2D eigenvalue weighted by molar-refractivity contribution is 0.0939. The van der Waals surface area contributed by atoms with Crippen LogP contribution in [0.2, 0.25) is 0 Å². The van der Waals surface area contributed by atoms with Crippen molar-refractivity contribution >= 4 is 11.7 Å². The molecule has 1 atom stereocenters. The summed E-state index contributed by atoms with van der Waals surface area (Å²) in [5, 5.41) is 2.85. The molecule has 3 heterocycles. The van der Waals surface area contributed by atoms with E-state index in [0.29, 0.717) is 12.6 Å². The summed E-state index contributed by atoms with van der Waals surface area (Å²) in [7, 11) is 4.19. The summed E-state index contributed by atoms with van der Waals surface area (Å²) < 4.78 is 0. The van der Waals surface area contributed by atoms with Crippen LogP contribution in [0, 0.1) is 20.8 Å². The zero-order valence-electron chi connectivity index (χ0n) is 16.7. The number of carbonyl (C=O) groups excluding carboxylic acids is 1. The molecule has 1 aliphatic rings. The van der Waals surface area contributed by atoms with E-state index in [1.165, 1.54) is 6.33 Å². The van der Waals surface area contributed by atoms with Crippen molar-refractivity contribution in [1.29, 1.82) is 0 Å². The number of nitrogens with zero attached hydrogens (tertiary/aromatic N) is 6. The van der Waals surface area contributed by atoms with Gasteiger partial charge in [0.05, 0.1) is 12.2 Å². The van der Waals surface area contributed by atoms with Crippen molar-refractivity contribution in [2.75, 3.05) is 32.1 Å². The second kappa shape index (κ2) is 7.96. The van der Waals surface area contributed by atoms with Crippen LogP contribution in [-0.2, 0) is 6.54 Å². The van der Waals surface area contributed by atoms with Crippen molar-refractivity contribution in [2.24, 2.45) is 0 Å². The van der Waals surface area contributed by atoms with E-state index < -0.39 is 0 Å². The number of amides is 1. The first-order chi connectivity index (χ1) is 12.8. The molecule has 144 valence electrons. The number of carbonyl (C=O) groups is 1. The molecule has 27 heavy (non-hydrogen) atoms. The Morgan fingerprint density at radius 1 is 1.26 bits per heavy atom. The van der Waals surface area contributed by atoms with Gasteiger partial charge in [0.25, 0.3) is 5.91 Å². The summed E-state index contributed by atoms with van der Waals surface area (Å²) in [6.45, 7) is 7.99. The number of rotatable bonds is 5. The predicted octanol–water partition coefficient (Wildman–Crippen LogP) is 1.26. The van der Waals surface area contributed by atoms with Crippen LogP contribution in [0.5, 0.6) is 0 Å². The molecular formula is C19H27N7O. The lowest BCUT2D eigenvalue weighted by Crippen LogP contribution is -2.33. The molecule has 3 rings (SSSR count). The molecular weight excluding hydrogens is 342 g/mol. The van der Waals surface area contributed by atoms with Gasteiger partial charge < -0.3 is 15.1 Å². The molecule has 1 N–H and O–H groups in total. The van der Waals surface area contributed by atoms with Gasteiger partial charge in [0.15, 0.2) is 0 Å². The van der Waals surface area contributed by atoms with Gasteiger partial charge in [-0.2, -0.15) is 0 Å². The van der Waals surface area contributed by atoms with Gasteiger partial charge in [-0.05, 0) is 47.4 Å². The number of aromatic nitrogens is 4. The standard InChI is InChI=1S/C19H27N7O/c1-12-8-15(22-11-21-12)9-20-19(27)17-23-14(3)13(2)18(24-17)26-7-6-16(10-26)25(4)5/h8,11,16H,6-7,9-10H2,1-5H3,(H,20,27)/t16-/m1/s1. The van der Waals surface area contributed by atoms with Crippen LogP contribution in [0.25, 0.3) is 0 Å². The maximum absolute atomic E-state index is 12.6. The first kappa shape index (κ1) is 19.2. The largest absolute Gasteiger partial charge is 0.355 e.